The van der Waals surface area contributed by atoms with Gasteiger partial charge in [-0.1, -0.05) is 27.7 Å². The van der Waals surface area contributed by atoms with Crippen molar-refractivity contribution in [2.45, 2.75) is 53.4 Å². The van der Waals surface area contributed by atoms with Gasteiger partial charge < -0.3 is 0 Å². The Morgan fingerprint density at radius 3 is 1.90 bits per heavy atom. The van der Waals surface area contributed by atoms with E-state index in [1.54, 1.807) is 0 Å². The van der Waals surface area contributed by atoms with E-state index in [1.807, 2.05) is 13.8 Å². The minimum absolute atomic E-state index is 0.317. The standard InChI is InChI=1S/C17H20N4/c1-8(2)12-14-15(19-7-18-14)13(9(3)4)17-16(12)20-10(5)11(6)21-17/h8-9H,1-6H3. The first-order valence-electron chi connectivity index (χ1n) is 7.43. The second-order valence-corrected chi connectivity index (χ2v) is 6.25. The Labute approximate surface area is 125 Å². The molecule has 0 unspecified atom stereocenters. The van der Waals surface area contributed by atoms with Crippen molar-refractivity contribution < 1.29 is 0 Å². The largest absolute Gasteiger partial charge is 0.256 e. The molecule has 4 nitrogen and oxygen atoms in total. The highest BCUT2D eigenvalue weighted by Gasteiger charge is 2.29. The van der Waals surface area contributed by atoms with Crippen LogP contribution >= 0.6 is 0 Å². The van der Waals surface area contributed by atoms with Crippen LogP contribution < -0.4 is 0 Å². The van der Waals surface area contributed by atoms with Crippen LogP contribution in [0, 0.1) is 13.8 Å². The summed E-state index contributed by atoms with van der Waals surface area (Å²) in [7, 11) is 0. The molecule has 0 fully saturated rings. The monoisotopic (exact) mass is 280 g/mol. The molecule has 1 aromatic heterocycles. The van der Waals surface area contributed by atoms with Crippen molar-refractivity contribution in [1.82, 2.24) is 9.97 Å². The van der Waals surface area contributed by atoms with Gasteiger partial charge in [0.2, 0.25) is 0 Å². The molecule has 3 rings (SSSR count). The lowest BCUT2D eigenvalue weighted by molar-refractivity contribution is 0.854. The van der Waals surface area contributed by atoms with Gasteiger partial charge >= 0.3 is 0 Å². The summed E-state index contributed by atoms with van der Waals surface area (Å²) < 4.78 is 0. The number of hydrogen-bond acceptors (Lipinski definition) is 3. The average molecular weight is 280 g/mol. The van der Waals surface area contributed by atoms with E-state index in [4.69, 9.17) is 9.97 Å². The highest BCUT2D eigenvalue weighted by molar-refractivity contribution is 6.06. The molecule has 0 spiro atoms. The molecule has 0 saturated heterocycles. The van der Waals surface area contributed by atoms with Crippen molar-refractivity contribution in [3.8, 4) is 0 Å². The Morgan fingerprint density at radius 1 is 0.857 bits per heavy atom. The summed E-state index contributed by atoms with van der Waals surface area (Å²) in [6.07, 6.45) is 2.78. The molecule has 2 aromatic rings. The molecule has 0 N–H and O–H groups in total. The summed E-state index contributed by atoms with van der Waals surface area (Å²) >= 11 is 0. The maximum absolute atomic E-state index is 4.82. The molecule has 21 heavy (non-hydrogen) atoms. The van der Waals surface area contributed by atoms with E-state index >= 15 is 0 Å². The minimum atomic E-state index is 0.317. The number of aliphatic imine (C=N–C) groups is 1. The predicted molar refractivity (Wildman–Crippen MR) is 87.3 cm³/mol. The molecule has 1 aromatic carbocycles. The number of aryl methyl sites for hydroxylation is 2. The third kappa shape index (κ3) is 1.98. The Hall–Kier alpha value is -2.06. The molecule has 0 saturated carbocycles. The molecule has 0 bridgehead atoms. The van der Waals surface area contributed by atoms with Gasteiger partial charge in [0, 0.05) is 6.34 Å². The van der Waals surface area contributed by atoms with Crippen LogP contribution in [0.1, 0.15) is 62.0 Å². The smallest absolute Gasteiger partial charge is 0.131 e. The van der Waals surface area contributed by atoms with Crippen LogP contribution in [0.25, 0.3) is 16.4 Å². The molecule has 0 atom stereocenters. The quantitative estimate of drug-likeness (QED) is 0.723. The van der Waals surface area contributed by atoms with E-state index in [0.717, 1.165) is 44.9 Å². The summed E-state index contributed by atoms with van der Waals surface area (Å²) in [6, 6.07) is 0. The molecule has 1 aliphatic rings. The molecule has 0 aliphatic carbocycles. The van der Waals surface area contributed by atoms with E-state index < -0.39 is 0 Å². The Kier molecular flexibility index (Phi) is 3.14. The first-order chi connectivity index (χ1) is 9.91. The van der Waals surface area contributed by atoms with Crippen molar-refractivity contribution >= 4 is 28.7 Å². The minimum Gasteiger partial charge on any atom is -0.256 e. The fourth-order valence-electron chi connectivity index (χ4n) is 2.90. The zero-order valence-electron chi connectivity index (χ0n) is 13.4. The fourth-order valence-corrected chi connectivity index (χ4v) is 2.90. The molecule has 4 heteroatoms. The molecular formula is C17H20N4. The number of nitrogens with zero attached hydrogens (tertiary/aromatic N) is 4. The summed E-state index contributed by atoms with van der Waals surface area (Å²) in [5.41, 5.74) is 8.01. The van der Waals surface area contributed by atoms with Gasteiger partial charge in [-0.15, -0.1) is 0 Å². The summed E-state index contributed by atoms with van der Waals surface area (Å²) in [5, 5.41) is 4.38. The van der Waals surface area contributed by atoms with Crippen molar-refractivity contribution in [2.24, 2.45) is 4.99 Å². The number of aromatic nitrogens is 2. The molecule has 108 valence electrons. The second kappa shape index (κ2) is 4.74. The predicted octanol–water partition coefficient (Wildman–Crippen LogP) is 5.05. The van der Waals surface area contributed by atoms with E-state index in [9.17, 15) is 0 Å². The molecule has 1 aliphatic heterocycles. The lowest BCUT2D eigenvalue weighted by Crippen LogP contribution is -2.03. The van der Waals surface area contributed by atoms with Crippen LogP contribution in [0.4, 0.5) is 11.4 Å². The Morgan fingerprint density at radius 2 is 1.38 bits per heavy atom. The number of hydrogen-bond donors (Lipinski definition) is 0. The highest BCUT2D eigenvalue weighted by Crippen LogP contribution is 2.50. The maximum Gasteiger partial charge on any atom is 0.131 e. The van der Waals surface area contributed by atoms with Crippen molar-refractivity contribution in [3.05, 3.63) is 27.8 Å². The normalized spacial score (nSPS) is 13.0. The van der Waals surface area contributed by atoms with E-state index in [0.29, 0.717) is 11.8 Å². The van der Waals surface area contributed by atoms with Crippen molar-refractivity contribution in [3.63, 3.8) is 0 Å². The fraction of sp³-hybridized carbons (Fsp3) is 0.471. The average Bonchev–Trinajstić information content (AvgIpc) is 2.84. The lowest BCUT2D eigenvalue weighted by atomic mass is 9.90. The van der Waals surface area contributed by atoms with Gasteiger partial charge in [-0.25, -0.2) is 9.97 Å². The van der Waals surface area contributed by atoms with E-state index in [1.165, 1.54) is 0 Å². The zero-order valence-corrected chi connectivity index (χ0v) is 13.4. The van der Waals surface area contributed by atoms with Gasteiger partial charge in [0.25, 0.3) is 0 Å². The Bertz CT molecular complexity index is 757. The molecular weight excluding hydrogens is 260 g/mol. The second-order valence-electron chi connectivity index (χ2n) is 6.25. The summed E-state index contributed by atoms with van der Waals surface area (Å²) in [6.45, 7) is 12.7. The van der Waals surface area contributed by atoms with Gasteiger partial charge in [-0.05, 0) is 25.7 Å². The van der Waals surface area contributed by atoms with Gasteiger partial charge in [0.05, 0.1) is 22.5 Å². The highest BCUT2D eigenvalue weighted by atomic mass is 15.0. The van der Waals surface area contributed by atoms with Crippen LogP contribution in [0.2, 0.25) is 0 Å². The third-order valence-electron chi connectivity index (χ3n) is 4.03. The SMILES string of the molecule is Cc1nc2c(C(C)C)c3c(c(C(C)C)c2nc1C)[N-][C+]=N3. The van der Waals surface area contributed by atoms with Gasteiger partial charge in [-0.2, -0.15) is 0 Å². The molecule has 0 amide bonds. The summed E-state index contributed by atoms with van der Waals surface area (Å²) in [5.74, 6) is 0.635. The number of rotatable bonds is 2. The van der Waals surface area contributed by atoms with Crippen molar-refractivity contribution in [2.75, 3.05) is 0 Å². The van der Waals surface area contributed by atoms with Gasteiger partial charge in [-0.3, -0.25) is 10.3 Å². The summed E-state index contributed by atoms with van der Waals surface area (Å²) in [4.78, 5) is 14.0. The van der Waals surface area contributed by atoms with Crippen LogP contribution in [0.5, 0.6) is 0 Å². The van der Waals surface area contributed by atoms with Gasteiger partial charge in [0.15, 0.2) is 0 Å². The van der Waals surface area contributed by atoms with Gasteiger partial charge in [0.1, 0.15) is 22.4 Å². The zero-order chi connectivity index (χ0) is 15.3. The molecule has 2 heterocycles. The first-order valence-corrected chi connectivity index (χ1v) is 7.43. The number of fused-ring (bicyclic) bond motifs is 2. The maximum atomic E-state index is 4.82. The van der Waals surface area contributed by atoms with Crippen LogP contribution in [0.15, 0.2) is 4.99 Å². The van der Waals surface area contributed by atoms with E-state index in [2.05, 4.69) is 44.3 Å². The van der Waals surface area contributed by atoms with Crippen LogP contribution in [-0.2, 0) is 0 Å². The number of benzene rings is 1. The van der Waals surface area contributed by atoms with Crippen molar-refractivity contribution in [1.29, 1.82) is 0 Å². The topological polar surface area (TPSA) is 52.2 Å². The lowest BCUT2D eigenvalue weighted by Gasteiger charge is -2.17. The molecule has 0 radical (unpaired) electrons. The first kappa shape index (κ1) is 13.9. The Balaban J connectivity index is 2.53. The van der Waals surface area contributed by atoms with E-state index in [-0.39, 0.29) is 0 Å². The third-order valence-corrected chi connectivity index (χ3v) is 4.03. The van der Waals surface area contributed by atoms with Crippen LogP contribution in [-0.4, -0.2) is 16.3 Å². The van der Waals surface area contributed by atoms with Crippen LogP contribution in [0.3, 0.4) is 0 Å².